The second-order valence-corrected chi connectivity index (χ2v) is 8.72. The van der Waals surface area contributed by atoms with Crippen molar-refractivity contribution in [2.75, 3.05) is 18.0 Å². The minimum Gasteiger partial charge on any atom is -0.305 e. The summed E-state index contributed by atoms with van der Waals surface area (Å²) in [5.74, 6) is -0.495. The molecule has 1 amide bonds. The van der Waals surface area contributed by atoms with Crippen LogP contribution in [0.1, 0.15) is 39.9 Å². The van der Waals surface area contributed by atoms with E-state index in [0.29, 0.717) is 43.7 Å². The van der Waals surface area contributed by atoms with Gasteiger partial charge in [0.05, 0.1) is 5.56 Å². The van der Waals surface area contributed by atoms with E-state index in [2.05, 4.69) is 4.90 Å². The first-order valence-electron chi connectivity index (χ1n) is 11.2. The number of amides is 1. The minimum atomic E-state index is -4.34. The Bertz CT molecular complexity index is 1100. The molecule has 34 heavy (non-hydrogen) atoms. The van der Waals surface area contributed by atoms with Crippen LogP contribution in [-0.4, -0.2) is 29.9 Å². The van der Waals surface area contributed by atoms with Gasteiger partial charge in [-0.1, -0.05) is 29.8 Å². The Labute approximate surface area is 196 Å². The van der Waals surface area contributed by atoms with Gasteiger partial charge in [-0.05, 0) is 73.9 Å². The standard InChI is InChI=1S/C27H26F4N2O/c1-19-2-6-21(7-3-19)26(34)33(24-12-10-23(28)11-13-24)25-14-16-32(17-15-25)18-20-4-8-22(9-5-20)27(29,30)31/h2-13,25H,14-18H2,1H3. The van der Waals surface area contributed by atoms with Crippen molar-refractivity contribution in [3.63, 3.8) is 0 Å². The van der Waals surface area contributed by atoms with Crippen molar-refractivity contribution in [1.29, 1.82) is 0 Å². The van der Waals surface area contributed by atoms with E-state index in [1.54, 1.807) is 29.2 Å². The van der Waals surface area contributed by atoms with Crippen molar-refractivity contribution < 1.29 is 22.4 Å². The lowest BCUT2D eigenvalue weighted by molar-refractivity contribution is -0.137. The number of aryl methyl sites for hydroxylation is 1. The Kier molecular flexibility index (Phi) is 7.03. The van der Waals surface area contributed by atoms with Crippen molar-refractivity contribution in [3.8, 4) is 0 Å². The fourth-order valence-electron chi connectivity index (χ4n) is 4.32. The molecule has 1 aliphatic rings. The molecule has 0 unspecified atom stereocenters. The third-order valence-corrected chi connectivity index (χ3v) is 6.23. The van der Waals surface area contributed by atoms with Gasteiger partial charge in [-0.2, -0.15) is 13.2 Å². The van der Waals surface area contributed by atoms with E-state index < -0.39 is 11.7 Å². The number of nitrogens with zero attached hydrogens (tertiary/aromatic N) is 2. The molecule has 0 aliphatic carbocycles. The van der Waals surface area contributed by atoms with Crippen LogP contribution in [0.4, 0.5) is 23.2 Å². The van der Waals surface area contributed by atoms with Gasteiger partial charge in [0.1, 0.15) is 5.82 Å². The van der Waals surface area contributed by atoms with Gasteiger partial charge in [-0.3, -0.25) is 9.69 Å². The normalized spacial score (nSPS) is 15.3. The number of carbonyl (C=O) groups is 1. The molecular formula is C27H26F4N2O. The Hall–Kier alpha value is -3.19. The highest BCUT2D eigenvalue weighted by Gasteiger charge is 2.31. The molecule has 3 aromatic carbocycles. The SMILES string of the molecule is Cc1ccc(C(=O)N(c2ccc(F)cc2)C2CCN(Cc3ccc(C(F)(F)F)cc3)CC2)cc1. The Morgan fingerprint density at radius 1 is 0.912 bits per heavy atom. The van der Waals surface area contributed by atoms with Gasteiger partial charge < -0.3 is 4.90 Å². The summed E-state index contributed by atoms with van der Waals surface area (Å²) in [5.41, 5.74) is 2.44. The number of likely N-dealkylation sites (tertiary alicyclic amines) is 1. The van der Waals surface area contributed by atoms with Crippen LogP contribution in [0.2, 0.25) is 0 Å². The second-order valence-electron chi connectivity index (χ2n) is 8.72. The van der Waals surface area contributed by atoms with E-state index in [-0.39, 0.29) is 17.8 Å². The maximum atomic E-state index is 13.5. The monoisotopic (exact) mass is 470 g/mol. The molecule has 0 atom stereocenters. The van der Waals surface area contributed by atoms with E-state index in [4.69, 9.17) is 0 Å². The van der Waals surface area contributed by atoms with Crippen LogP contribution in [0.5, 0.6) is 0 Å². The Morgan fingerprint density at radius 2 is 1.50 bits per heavy atom. The van der Waals surface area contributed by atoms with Crippen LogP contribution >= 0.6 is 0 Å². The number of anilines is 1. The number of rotatable bonds is 5. The summed E-state index contributed by atoms with van der Waals surface area (Å²) in [6, 6.07) is 18.5. The van der Waals surface area contributed by atoms with E-state index in [0.717, 1.165) is 23.3 Å². The first-order chi connectivity index (χ1) is 16.2. The average Bonchev–Trinajstić information content (AvgIpc) is 2.82. The summed E-state index contributed by atoms with van der Waals surface area (Å²) >= 11 is 0. The molecule has 0 N–H and O–H groups in total. The summed E-state index contributed by atoms with van der Waals surface area (Å²) in [6.07, 6.45) is -2.93. The van der Waals surface area contributed by atoms with Crippen LogP contribution in [-0.2, 0) is 12.7 Å². The summed E-state index contributed by atoms with van der Waals surface area (Å²) in [5, 5.41) is 0. The molecule has 0 radical (unpaired) electrons. The largest absolute Gasteiger partial charge is 0.416 e. The molecule has 0 spiro atoms. The molecule has 3 aromatic rings. The van der Waals surface area contributed by atoms with Crippen molar-refractivity contribution in [3.05, 3.63) is 101 Å². The predicted molar refractivity (Wildman–Crippen MR) is 124 cm³/mol. The summed E-state index contributed by atoms with van der Waals surface area (Å²) in [7, 11) is 0. The van der Waals surface area contributed by atoms with Crippen LogP contribution in [0.3, 0.4) is 0 Å². The van der Waals surface area contributed by atoms with Gasteiger partial charge >= 0.3 is 6.18 Å². The Balaban J connectivity index is 1.46. The van der Waals surface area contributed by atoms with E-state index in [1.807, 2.05) is 19.1 Å². The van der Waals surface area contributed by atoms with Gasteiger partial charge in [-0.15, -0.1) is 0 Å². The number of hydrogen-bond donors (Lipinski definition) is 0. The first kappa shape index (κ1) is 24.0. The molecule has 7 heteroatoms. The number of hydrogen-bond acceptors (Lipinski definition) is 2. The van der Waals surface area contributed by atoms with Crippen molar-refractivity contribution in [2.24, 2.45) is 0 Å². The molecule has 4 rings (SSSR count). The maximum Gasteiger partial charge on any atom is 0.416 e. The van der Waals surface area contributed by atoms with Crippen LogP contribution in [0.25, 0.3) is 0 Å². The average molecular weight is 471 g/mol. The quantitative estimate of drug-likeness (QED) is 0.400. The lowest BCUT2D eigenvalue weighted by Gasteiger charge is -2.38. The summed E-state index contributed by atoms with van der Waals surface area (Å²) < 4.78 is 51.9. The predicted octanol–water partition coefficient (Wildman–Crippen LogP) is 6.46. The van der Waals surface area contributed by atoms with Crippen molar-refractivity contribution in [1.82, 2.24) is 4.90 Å². The molecule has 1 aliphatic heterocycles. The van der Waals surface area contributed by atoms with Gasteiger partial charge in [0.25, 0.3) is 5.91 Å². The molecule has 1 heterocycles. The van der Waals surface area contributed by atoms with Gasteiger partial charge in [0.15, 0.2) is 0 Å². The lowest BCUT2D eigenvalue weighted by Crippen LogP contribution is -2.47. The summed E-state index contributed by atoms with van der Waals surface area (Å²) in [6.45, 7) is 3.90. The van der Waals surface area contributed by atoms with Gasteiger partial charge in [-0.25, -0.2) is 4.39 Å². The van der Waals surface area contributed by atoms with Crippen LogP contribution < -0.4 is 4.90 Å². The molecule has 1 saturated heterocycles. The second kappa shape index (κ2) is 9.97. The smallest absolute Gasteiger partial charge is 0.305 e. The highest BCUT2D eigenvalue weighted by atomic mass is 19.4. The van der Waals surface area contributed by atoms with Crippen molar-refractivity contribution in [2.45, 2.75) is 38.5 Å². The molecular weight excluding hydrogens is 444 g/mol. The van der Waals surface area contributed by atoms with Gasteiger partial charge in [0, 0.05) is 36.9 Å². The zero-order chi connectivity index (χ0) is 24.3. The number of piperidine rings is 1. The van der Waals surface area contributed by atoms with Crippen LogP contribution in [0.15, 0.2) is 72.8 Å². The van der Waals surface area contributed by atoms with Gasteiger partial charge in [0.2, 0.25) is 0 Å². The molecule has 1 fully saturated rings. The third kappa shape index (κ3) is 5.65. The van der Waals surface area contributed by atoms with E-state index in [1.165, 1.54) is 24.3 Å². The molecule has 3 nitrogen and oxygen atoms in total. The first-order valence-corrected chi connectivity index (χ1v) is 11.2. The fraction of sp³-hybridized carbons (Fsp3) is 0.296. The zero-order valence-electron chi connectivity index (χ0n) is 18.9. The van der Waals surface area contributed by atoms with E-state index in [9.17, 15) is 22.4 Å². The number of alkyl halides is 3. The summed E-state index contributed by atoms with van der Waals surface area (Å²) in [4.78, 5) is 17.4. The molecule has 0 bridgehead atoms. The highest BCUT2D eigenvalue weighted by Crippen LogP contribution is 2.30. The lowest BCUT2D eigenvalue weighted by atomic mass is 9.99. The number of halogens is 4. The molecule has 0 aromatic heterocycles. The fourth-order valence-corrected chi connectivity index (χ4v) is 4.32. The molecule has 178 valence electrons. The van der Waals surface area contributed by atoms with Crippen LogP contribution in [0, 0.1) is 12.7 Å². The topological polar surface area (TPSA) is 23.6 Å². The molecule has 0 saturated carbocycles. The number of carbonyl (C=O) groups excluding carboxylic acids is 1. The third-order valence-electron chi connectivity index (χ3n) is 6.23. The van der Waals surface area contributed by atoms with E-state index >= 15 is 0 Å². The zero-order valence-corrected chi connectivity index (χ0v) is 18.9. The number of benzene rings is 3. The highest BCUT2D eigenvalue weighted by molar-refractivity contribution is 6.06. The maximum absolute atomic E-state index is 13.5. The minimum absolute atomic E-state index is 0.0666. The van der Waals surface area contributed by atoms with Crippen molar-refractivity contribution >= 4 is 11.6 Å². The Morgan fingerprint density at radius 3 is 2.06 bits per heavy atom.